The standard InChI is InChI=1S/C23H18Br2N4O2/c1-13(14-2-6-16(24)7-3-14)26-22(30)15-4-9-18(10-5-15)28-29-21-19-12-17(25)8-11-20(19)27-23(21)31/h2-13,27,31H,1H3,(H,26,30)/t13-/m0/s1. The fraction of sp³-hybridized carbons (Fsp3) is 0.0870. The Labute approximate surface area is 195 Å². The number of nitrogens with zero attached hydrogens (tertiary/aromatic N) is 2. The van der Waals surface area contributed by atoms with Crippen LogP contribution in [-0.4, -0.2) is 16.0 Å². The van der Waals surface area contributed by atoms with Crippen molar-refractivity contribution in [3.8, 4) is 5.88 Å². The van der Waals surface area contributed by atoms with Gasteiger partial charge < -0.3 is 15.4 Å². The number of rotatable bonds is 5. The van der Waals surface area contributed by atoms with E-state index in [1.54, 1.807) is 24.3 Å². The van der Waals surface area contributed by atoms with Crippen LogP contribution in [-0.2, 0) is 0 Å². The Morgan fingerprint density at radius 1 is 0.968 bits per heavy atom. The highest BCUT2D eigenvalue weighted by molar-refractivity contribution is 9.10. The van der Waals surface area contributed by atoms with Crippen LogP contribution in [0.15, 0.2) is 85.9 Å². The van der Waals surface area contributed by atoms with Gasteiger partial charge in [0.05, 0.1) is 17.2 Å². The fourth-order valence-electron chi connectivity index (χ4n) is 3.14. The molecule has 156 valence electrons. The third-order valence-corrected chi connectivity index (χ3v) is 5.85. The highest BCUT2D eigenvalue weighted by Crippen LogP contribution is 2.37. The molecule has 0 aliphatic carbocycles. The minimum absolute atomic E-state index is 0.0465. The van der Waals surface area contributed by atoms with E-state index in [0.717, 1.165) is 25.4 Å². The van der Waals surface area contributed by atoms with Gasteiger partial charge in [-0.2, -0.15) is 5.11 Å². The summed E-state index contributed by atoms with van der Waals surface area (Å²) in [5.74, 6) is -0.215. The number of hydrogen-bond acceptors (Lipinski definition) is 4. The number of aromatic amines is 1. The number of halogens is 2. The lowest BCUT2D eigenvalue weighted by molar-refractivity contribution is 0.0940. The lowest BCUT2D eigenvalue weighted by Crippen LogP contribution is -2.26. The smallest absolute Gasteiger partial charge is 0.251 e. The van der Waals surface area contributed by atoms with Crippen molar-refractivity contribution in [2.75, 3.05) is 0 Å². The molecular weight excluding hydrogens is 524 g/mol. The number of aromatic hydroxyl groups is 1. The van der Waals surface area contributed by atoms with Crippen LogP contribution in [0.4, 0.5) is 11.4 Å². The number of aromatic nitrogens is 1. The van der Waals surface area contributed by atoms with E-state index in [1.807, 2.05) is 49.4 Å². The normalized spacial score (nSPS) is 12.4. The predicted octanol–water partition coefficient (Wildman–Crippen LogP) is 7.30. The molecule has 3 N–H and O–H groups in total. The molecule has 6 nitrogen and oxygen atoms in total. The molecule has 31 heavy (non-hydrogen) atoms. The summed E-state index contributed by atoms with van der Waals surface area (Å²) in [6.07, 6.45) is 0. The average molecular weight is 542 g/mol. The van der Waals surface area contributed by atoms with Crippen LogP contribution in [0.5, 0.6) is 5.88 Å². The third kappa shape index (κ3) is 4.86. The van der Waals surface area contributed by atoms with Gasteiger partial charge in [0.2, 0.25) is 5.88 Å². The van der Waals surface area contributed by atoms with Gasteiger partial charge in [-0.15, -0.1) is 5.11 Å². The quantitative estimate of drug-likeness (QED) is 0.231. The molecule has 1 amide bonds. The Morgan fingerprint density at radius 3 is 2.35 bits per heavy atom. The number of nitrogens with one attached hydrogen (secondary N) is 2. The van der Waals surface area contributed by atoms with E-state index >= 15 is 0 Å². The lowest BCUT2D eigenvalue weighted by Gasteiger charge is -2.14. The molecule has 3 aromatic carbocycles. The summed E-state index contributed by atoms with van der Waals surface area (Å²) in [6, 6.07) is 20.1. The highest BCUT2D eigenvalue weighted by Gasteiger charge is 2.12. The maximum Gasteiger partial charge on any atom is 0.251 e. The van der Waals surface area contributed by atoms with Gasteiger partial charge in [0, 0.05) is 19.9 Å². The van der Waals surface area contributed by atoms with Crippen LogP contribution in [0.25, 0.3) is 10.9 Å². The monoisotopic (exact) mass is 540 g/mol. The number of amides is 1. The van der Waals surface area contributed by atoms with Gasteiger partial charge in [-0.05, 0) is 67.1 Å². The van der Waals surface area contributed by atoms with Crippen molar-refractivity contribution in [2.45, 2.75) is 13.0 Å². The molecule has 0 saturated heterocycles. The molecule has 4 aromatic rings. The topological polar surface area (TPSA) is 89.8 Å². The molecule has 0 radical (unpaired) electrons. The zero-order valence-corrected chi connectivity index (χ0v) is 19.6. The molecule has 1 aromatic heterocycles. The molecule has 0 aliphatic rings. The van der Waals surface area contributed by atoms with Gasteiger partial charge in [-0.25, -0.2) is 0 Å². The van der Waals surface area contributed by atoms with Crippen molar-refractivity contribution < 1.29 is 9.90 Å². The number of hydrogen-bond donors (Lipinski definition) is 3. The summed E-state index contributed by atoms with van der Waals surface area (Å²) in [4.78, 5) is 15.4. The van der Waals surface area contributed by atoms with Gasteiger partial charge in [0.25, 0.3) is 5.91 Å². The Hall–Kier alpha value is -2.97. The number of azo groups is 1. The zero-order chi connectivity index (χ0) is 22.0. The van der Waals surface area contributed by atoms with Gasteiger partial charge in [0.15, 0.2) is 5.69 Å². The molecule has 0 unspecified atom stereocenters. The first-order chi connectivity index (χ1) is 14.9. The molecule has 0 aliphatic heterocycles. The van der Waals surface area contributed by atoms with E-state index in [9.17, 15) is 9.90 Å². The molecule has 0 spiro atoms. The Kier molecular flexibility index (Phi) is 6.20. The van der Waals surface area contributed by atoms with E-state index in [0.29, 0.717) is 16.9 Å². The van der Waals surface area contributed by atoms with Crippen molar-refractivity contribution in [2.24, 2.45) is 10.2 Å². The number of fused-ring (bicyclic) bond motifs is 1. The summed E-state index contributed by atoms with van der Waals surface area (Å²) in [6.45, 7) is 1.94. The van der Waals surface area contributed by atoms with E-state index in [-0.39, 0.29) is 17.8 Å². The maximum absolute atomic E-state index is 12.6. The summed E-state index contributed by atoms with van der Waals surface area (Å²) in [7, 11) is 0. The summed E-state index contributed by atoms with van der Waals surface area (Å²) in [5, 5.41) is 22.3. The second-order valence-electron chi connectivity index (χ2n) is 7.01. The van der Waals surface area contributed by atoms with Crippen LogP contribution < -0.4 is 5.32 Å². The van der Waals surface area contributed by atoms with Gasteiger partial charge >= 0.3 is 0 Å². The number of benzene rings is 3. The molecule has 1 heterocycles. The molecule has 4 rings (SSSR count). The van der Waals surface area contributed by atoms with Crippen LogP contribution in [0.2, 0.25) is 0 Å². The van der Waals surface area contributed by atoms with Crippen molar-refractivity contribution in [1.82, 2.24) is 10.3 Å². The number of H-pyrrole nitrogens is 1. The predicted molar refractivity (Wildman–Crippen MR) is 128 cm³/mol. The van der Waals surface area contributed by atoms with Crippen molar-refractivity contribution in [1.29, 1.82) is 0 Å². The number of carbonyl (C=O) groups excluding carboxylic acids is 1. The molecule has 0 saturated carbocycles. The highest BCUT2D eigenvalue weighted by atomic mass is 79.9. The largest absolute Gasteiger partial charge is 0.493 e. The van der Waals surface area contributed by atoms with Gasteiger partial charge in [0.1, 0.15) is 0 Å². The van der Waals surface area contributed by atoms with E-state index in [1.165, 1.54) is 0 Å². The van der Waals surface area contributed by atoms with Crippen LogP contribution >= 0.6 is 31.9 Å². The Morgan fingerprint density at radius 2 is 1.65 bits per heavy atom. The zero-order valence-electron chi connectivity index (χ0n) is 16.4. The third-order valence-electron chi connectivity index (χ3n) is 4.83. The van der Waals surface area contributed by atoms with Gasteiger partial charge in [-0.3, -0.25) is 4.79 Å². The minimum atomic E-state index is -0.168. The molecule has 1 atom stereocenters. The first-order valence-corrected chi connectivity index (χ1v) is 11.1. The summed E-state index contributed by atoms with van der Waals surface area (Å²) < 4.78 is 1.87. The van der Waals surface area contributed by atoms with Crippen LogP contribution in [0.3, 0.4) is 0 Å². The second-order valence-corrected chi connectivity index (χ2v) is 8.84. The summed E-state index contributed by atoms with van der Waals surface area (Å²) >= 11 is 6.83. The first-order valence-electron chi connectivity index (χ1n) is 9.49. The van der Waals surface area contributed by atoms with Crippen molar-refractivity contribution in [3.05, 3.63) is 86.8 Å². The Bertz CT molecular complexity index is 1270. The maximum atomic E-state index is 12.6. The van der Waals surface area contributed by atoms with Crippen molar-refractivity contribution in [3.63, 3.8) is 0 Å². The van der Waals surface area contributed by atoms with Crippen LogP contribution in [0, 0.1) is 0 Å². The lowest BCUT2D eigenvalue weighted by atomic mass is 10.1. The van der Waals surface area contributed by atoms with Crippen LogP contribution in [0.1, 0.15) is 28.9 Å². The molecule has 8 heteroatoms. The van der Waals surface area contributed by atoms with E-state index in [4.69, 9.17) is 0 Å². The van der Waals surface area contributed by atoms with E-state index in [2.05, 4.69) is 52.4 Å². The van der Waals surface area contributed by atoms with Crippen molar-refractivity contribution >= 4 is 60.0 Å². The Balaban J connectivity index is 1.47. The minimum Gasteiger partial charge on any atom is -0.493 e. The van der Waals surface area contributed by atoms with E-state index < -0.39 is 0 Å². The molecular formula is C23H18Br2N4O2. The fourth-order valence-corrected chi connectivity index (χ4v) is 3.76. The summed E-state index contributed by atoms with van der Waals surface area (Å²) in [5.41, 5.74) is 3.25. The molecule has 0 fully saturated rings. The molecule has 0 bridgehead atoms. The average Bonchev–Trinajstić information content (AvgIpc) is 3.07. The second kappa shape index (κ2) is 9.03. The first kappa shape index (κ1) is 21.3. The number of carbonyl (C=O) groups is 1. The van der Waals surface area contributed by atoms with Gasteiger partial charge in [-0.1, -0.05) is 44.0 Å². The SMILES string of the molecule is C[C@H](NC(=O)c1ccc(N=Nc2c(O)[nH]c3ccc(Br)cc23)cc1)c1ccc(Br)cc1.